The van der Waals surface area contributed by atoms with E-state index in [1.807, 2.05) is 12.3 Å². The van der Waals surface area contributed by atoms with Crippen molar-refractivity contribution in [1.29, 1.82) is 0 Å². The van der Waals surface area contributed by atoms with Crippen molar-refractivity contribution >= 4 is 27.2 Å². The molecule has 1 saturated heterocycles. The maximum absolute atomic E-state index is 11.6. The van der Waals surface area contributed by atoms with Crippen molar-refractivity contribution in [3.8, 4) is 0 Å². The average Bonchev–Trinajstić information content (AvgIpc) is 3.00. The molecule has 0 aliphatic carbocycles. The summed E-state index contributed by atoms with van der Waals surface area (Å²) < 4.78 is 22.6. The molecule has 0 aromatic carbocycles. The largest absolute Gasteiger partial charge is 0.338 e. The summed E-state index contributed by atoms with van der Waals surface area (Å²) >= 11 is 1.53. The number of carbonyl (C=O) groups is 1. The zero-order valence-electron chi connectivity index (χ0n) is 11.4. The fraction of sp³-hybridized carbons (Fsp3) is 0.667. The van der Waals surface area contributed by atoms with Crippen LogP contribution in [0.1, 0.15) is 24.0 Å². The molecule has 2 rings (SSSR count). The second-order valence-electron chi connectivity index (χ2n) is 4.92. The van der Waals surface area contributed by atoms with Gasteiger partial charge in [-0.25, -0.2) is 18.2 Å². The highest BCUT2D eigenvalue weighted by Gasteiger charge is 2.27. The molecule has 0 radical (unpaired) electrons. The topological polar surface area (TPSA) is 88.2 Å². The minimum atomic E-state index is -2.88. The van der Waals surface area contributed by atoms with Crippen molar-refractivity contribution in [2.24, 2.45) is 5.92 Å². The number of nitrogens with zero attached hydrogens (tertiary/aromatic N) is 1. The molecule has 1 aromatic heterocycles. The molecule has 2 heterocycles. The molecule has 2 amide bonds. The Morgan fingerprint density at radius 2 is 2.30 bits per heavy atom. The Morgan fingerprint density at radius 1 is 1.50 bits per heavy atom. The summed E-state index contributed by atoms with van der Waals surface area (Å²) in [5.74, 6) is 0.455. The zero-order chi connectivity index (χ0) is 14.6. The monoisotopic (exact) mass is 317 g/mol. The molecule has 1 aromatic rings. The van der Waals surface area contributed by atoms with E-state index in [1.165, 1.54) is 11.3 Å². The van der Waals surface area contributed by atoms with E-state index in [2.05, 4.69) is 15.6 Å². The Labute approximate surface area is 122 Å². The van der Waals surface area contributed by atoms with Gasteiger partial charge in [0.25, 0.3) is 0 Å². The number of thiazole rings is 1. The van der Waals surface area contributed by atoms with Crippen LogP contribution in [0.5, 0.6) is 0 Å². The first-order valence-corrected chi connectivity index (χ1v) is 9.34. The molecule has 1 aliphatic rings. The molecule has 2 N–H and O–H groups in total. The number of aryl methyl sites for hydroxylation is 1. The van der Waals surface area contributed by atoms with Crippen LogP contribution in [-0.4, -0.2) is 37.5 Å². The third-order valence-corrected chi connectivity index (χ3v) is 5.97. The molecular weight excluding hydrogens is 298 g/mol. The second-order valence-corrected chi connectivity index (χ2v) is 8.09. The standard InChI is InChI=1S/C12H19N3O3S2/c1-2-10-7-19-11(15-10)6-14-12(16)13-5-9-3-4-20(17,18)8-9/h7,9H,2-6,8H2,1H3,(H2,13,14,16). The van der Waals surface area contributed by atoms with Crippen LogP contribution >= 0.6 is 11.3 Å². The third-order valence-electron chi connectivity index (χ3n) is 3.24. The highest BCUT2D eigenvalue weighted by Crippen LogP contribution is 2.17. The summed E-state index contributed by atoms with van der Waals surface area (Å²) in [5.41, 5.74) is 1.03. The molecule has 1 fully saturated rings. The minimum Gasteiger partial charge on any atom is -0.338 e. The Hall–Kier alpha value is -1.15. The van der Waals surface area contributed by atoms with E-state index < -0.39 is 9.84 Å². The maximum Gasteiger partial charge on any atom is 0.315 e. The summed E-state index contributed by atoms with van der Waals surface area (Å²) in [4.78, 5) is 16.0. The molecule has 112 valence electrons. The maximum atomic E-state index is 11.6. The molecule has 1 aliphatic heterocycles. The first-order valence-electron chi connectivity index (χ1n) is 6.64. The van der Waals surface area contributed by atoms with Gasteiger partial charge >= 0.3 is 6.03 Å². The Bertz CT molecular complexity index is 568. The lowest BCUT2D eigenvalue weighted by Gasteiger charge is -2.10. The summed E-state index contributed by atoms with van der Waals surface area (Å²) in [6, 6.07) is -0.275. The van der Waals surface area contributed by atoms with Crippen LogP contribution < -0.4 is 10.6 Å². The number of sulfone groups is 1. The van der Waals surface area contributed by atoms with Gasteiger partial charge in [-0.3, -0.25) is 0 Å². The zero-order valence-corrected chi connectivity index (χ0v) is 13.0. The number of urea groups is 1. The van der Waals surface area contributed by atoms with Crippen LogP contribution in [0.25, 0.3) is 0 Å². The van der Waals surface area contributed by atoms with E-state index in [4.69, 9.17) is 0 Å². The lowest BCUT2D eigenvalue weighted by Crippen LogP contribution is -2.38. The van der Waals surface area contributed by atoms with Crippen LogP contribution in [0.15, 0.2) is 5.38 Å². The quantitative estimate of drug-likeness (QED) is 0.846. The normalized spacial score (nSPS) is 20.8. The van der Waals surface area contributed by atoms with E-state index in [-0.39, 0.29) is 23.5 Å². The van der Waals surface area contributed by atoms with E-state index >= 15 is 0 Å². The number of nitrogens with one attached hydrogen (secondary N) is 2. The van der Waals surface area contributed by atoms with E-state index in [0.717, 1.165) is 17.1 Å². The van der Waals surface area contributed by atoms with Gasteiger partial charge < -0.3 is 10.6 Å². The van der Waals surface area contributed by atoms with Crippen molar-refractivity contribution in [2.45, 2.75) is 26.3 Å². The van der Waals surface area contributed by atoms with Crippen LogP contribution in [0.3, 0.4) is 0 Å². The highest BCUT2D eigenvalue weighted by molar-refractivity contribution is 7.91. The molecule has 0 saturated carbocycles. The summed E-state index contributed by atoms with van der Waals surface area (Å²) in [6.45, 7) is 2.84. The van der Waals surface area contributed by atoms with Gasteiger partial charge in [0.2, 0.25) is 0 Å². The molecule has 6 nitrogen and oxygen atoms in total. The Balaban J connectivity index is 1.68. The lowest BCUT2D eigenvalue weighted by molar-refractivity contribution is 0.239. The third kappa shape index (κ3) is 4.45. The van der Waals surface area contributed by atoms with E-state index in [0.29, 0.717) is 19.5 Å². The Kier molecular flexibility index (Phi) is 4.98. The molecule has 8 heteroatoms. The summed E-state index contributed by atoms with van der Waals surface area (Å²) in [7, 11) is -2.88. The van der Waals surface area contributed by atoms with E-state index in [9.17, 15) is 13.2 Å². The highest BCUT2D eigenvalue weighted by atomic mass is 32.2. The fourth-order valence-corrected chi connectivity index (χ4v) is 4.76. The number of aromatic nitrogens is 1. The number of rotatable bonds is 5. The summed E-state index contributed by atoms with van der Waals surface area (Å²) in [6.07, 6.45) is 1.52. The minimum absolute atomic E-state index is 0.0392. The average molecular weight is 317 g/mol. The molecule has 1 unspecified atom stereocenters. The first-order chi connectivity index (χ1) is 9.48. The van der Waals surface area contributed by atoms with Gasteiger partial charge in [0, 0.05) is 11.9 Å². The van der Waals surface area contributed by atoms with Crippen LogP contribution in [0.4, 0.5) is 4.79 Å². The summed E-state index contributed by atoms with van der Waals surface area (Å²) in [5, 5.41) is 8.31. The van der Waals surface area contributed by atoms with Gasteiger partial charge in [0.1, 0.15) is 5.01 Å². The number of amides is 2. The molecule has 1 atom stereocenters. The smallest absolute Gasteiger partial charge is 0.315 e. The number of hydrogen-bond donors (Lipinski definition) is 2. The van der Waals surface area contributed by atoms with Crippen molar-refractivity contribution in [3.05, 3.63) is 16.1 Å². The van der Waals surface area contributed by atoms with Gasteiger partial charge in [0.05, 0.1) is 23.7 Å². The first kappa shape index (κ1) is 15.2. The van der Waals surface area contributed by atoms with Crippen LogP contribution in [-0.2, 0) is 22.8 Å². The molecule has 0 bridgehead atoms. The van der Waals surface area contributed by atoms with Crippen molar-refractivity contribution in [2.75, 3.05) is 18.1 Å². The Morgan fingerprint density at radius 3 is 2.90 bits per heavy atom. The lowest BCUT2D eigenvalue weighted by atomic mass is 10.1. The van der Waals surface area contributed by atoms with Gasteiger partial charge in [-0.1, -0.05) is 6.92 Å². The number of carbonyl (C=O) groups excluding carboxylic acids is 1. The number of hydrogen-bond acceptors (Lipinski definition) is 5. The SMILES string of the molecule is CCc1csc(CNC(=O)NCC2CCS(=O)(=O)C2)n1. The predicted octanol–water partition coefficient (Wildman–Crippen LogP) is 0.939. The van der Waals surface area contributed by atoms with Crippen molar-refractivity contribution in [1.82, 2.24) is 15.6 Å². The van der Waals surface area contributed by atoms with Crippen LogP contribution in [0, 0.1) is 5.92 Å². The van der Waals surface area contributed by atoms with Crippen molar-refractivity contribution in [3.63, 3.8) is 0 Å². The van der Waals surface area contributed by atoms with Crippen LogP contribution in [0.2, 0.25) is 0 Å². The molecular formula is C12H19N3O3S2. The molecule has 0 spiro atoms. The fourth-order valence-electron chi connectivity index (χ4n) is 2.08. The van der Waals surface area contributed by atoms with Crippen molar-refractivity contribution < 1.29 is 13.2 Å². The molecule has 20 heavy (non-hydrogen) atoms. The van der Waals surface area contributed by atoms with Gasteiger partial charge in [-0.2, -0.15) is 0 Å². The van der Waals surface area contributed by atoms with Gasteiger partial charge in [-0.15, -0.1) is 11.3 Å². The predicted molar refractivity (Wildman–Crippen MR) is 78.5 cm³/mol. The second kappa shape index (κ2) is 6.53. The van der Waals surface area contributed by atoms with Gasteiger partial charge in [0.15, 0.2) is 9.84 Å². The van der Waals surface area contributed by atoms with E-state index in [1.54, 1.807) is 0 Å². The van der Waals surface area contributed by atoms with Gasteiger partial charge in [-0.05, 0) is 18.8 Å².